The van der Waals surface area contributed by atoms with Gasteiger partial charge < -0.3 is 4.42 Å². The monoisotopic (exact) mass is 391 g/mol. The van der Waals surface area contributed by atoms with Crippen molar-refractivity contribution in [1.29, 1.82) is 0 Å². The summed E-state index contributed by atoms with van der Waals surface area (Å²) in [5, 5.41) is 0. The van der Waals surface area contributed by atoms with E-state index in [4.69, 9.17) is 4.42 Å². The molecule has 1 heterocycles. The molecule has 0 aliphatic carbocycles. The summed E-state index contributed by atoms with van der Waals surface area (Å²) in [7, 11) is 3.82. The van der Waals surface area contributed by atoms with Gasteiger partial charge in [0, 0.05) is 10.6 Å². The van der Waals surface area contributed by atoms with Crippen molar-refractivity contribution in [2.45, 2.75) is 83.0 Å². The Morgan fingerprint density at radius 2 is 1.62 bits per heavy atom. The van der Waals surface area contributed by atoms with E-state index < -0.39 is 0 Å². The molecule has 0 amide bonds. The first kappa shape index (κ1) is 21.4. The van der Waals surface area contributed by atoms with Gasteiger partial charge in [0.2, 0.25) is 5.89 Å². The molecule has 0 unspecified atom stereocenters. The number of hydrogen-bond donors (Lipinski definition) is 0. The highest BCUT2D eigenvalue weighted by Crippen LogP contribution is 2.40. The van der Waals surface area contributed by atoms with E-state index >= 15 is 0 Å². The van der Waals surface area contributed by atoms with Gasteiger partial charge in [0.05, 0.1) is 11.8 Å². The summed E-state index contributed by atoms with van der Waals surface area (Å²) in [5.41, 5.74) is 2.40. The molecule has 144 valence electrons. The largest absolute Gasteiger partial charge is 0.444 e. The van der Waals surface area contributed by atoms with Crippen molar-refractivity contribution in [3.05, 3.63) is 36.2 Å². The van der Waals surface area contributed by atoms with Crippen LogP contribution < -0.4 is 0 Å². The Bertz CT molecular complexity index is 598. The Kier molecular flexibility index (Phi) is 11.0. The number of rotatable bonds is 14. The van der Waals surface area contributed by atoms with Gasteiger partial charge in [0.1, 0.15) is 6.26 Å². The van der Waals surface area contributed by atoms with Crippen molar-refractivity contribution in [2.24, 2.45) is 0 Å². The molecule has 0 atom stereocenters. The average Bonchev–Trinajstić information content (AvgIpc) is 3.18. The van der Waals surface area contributed by atoms with Crippen LogP contribution in [0, 0.1) is 6.92 Å². The summed E-state index contributed by atoms with van der Waals surface area (Å²) >= 11 is 0. The molecule has 0 saturated carbocycles. The van der Waals surface area contributed by atoms with E-state index in [2.05, 4.69) is 37.0 Å². The number of hydrogen-bond acceptors (Lipinski definition) is 4. The number of nitrogens with zero attached hydrogens (tertiary/aromatic N) is 1. The molecule has 0 aliphatic heterocycles. The lowest BCUT2D eigenvalue weighted by Gasteiger charge is -2.09. The third-order valence-corrected chi connectivity index (χ3v) is 7.23. The topological polar surface area (TPSA) is 26.0 Å². The van der Waals surface area contributed by atoms with Crippen molar-refractivity contribution in [3.8, 4) is 11.5 Å². The number of unbranched alkanes of at least 4 members (excludes halogenated alkanes) is 9. The average molecular weight is 392 g/mol. The third kappa shape index (κ3) is 7.79. The van der Waals surface area contributed by atoms with Gasteiger partial charge in [-0.05, 0) is 25.0 Å². The maximum Gasteiger partial charge on any atom is 0.227 e. The SMILES string of the molecule is CCCCCCCCCCCCSSc1c(C)cccc1-c1ncco1. The second kappa shape index (κ2) is 13.3. The second-order valence-corrected chi connectivity index (χ2v) is 9.30. The van der Waals surface area contributed by atoms with Gasteiger partial charge >= 0.3 is 0 Å². The molecule has 4 heteroatoms. The van der Waals surface area contributed by atoms with Crippen molar-refractivity contribution in [3.63, 3.8) is 0 Å². The van der Waals surface area contributed by atoms with Crippen molar-refractivity contribution >= 4 is 21.6 Å². The lowest BCUT2D eigenvalue weighted by molar-refractivity contribution is 0.563. The Balaban J connectivity index is 1.58. The van der Waals surface area contributed by atoms with E-state index in [1.807, 2.05) is 21.6 Å². The highest BCUT2D eigenvalue weighted by molar-refractivity contribution is 8.76. The molecule has 1 aromatic heterocycles. The fourth-order valence-corrected chi connectivity index (χ4v) is 5.63. The molecule has 0 spiro atoms. The molecule has 26 heavy (non-hydrogen) atoms. The lowest BCUT2D eigenvalue weighted by Crippen LogP contribution is -1.86. The predicted octanol–water partition coefficient (Wildman–Crippen LogP) is 8.31. The van der Waals surface area contributed by atoms with Crippen LogP contribution in [-0.4, -0.2) is 10.7 Å². The minimum absolute atomic E-state index is 0.718. The number of benzene rings is 1. The molecule has 0 bridgehead atoms. The summed E-state index contributed by atoms with van der Waals surface area (Å²) in [5.74, 6) is 1.93. The van der Waals surface area contributed by atoms with Crippen molar-refractivity contribution in [1.82, 2.24) is 4.98 Å². The molecule has 0 radical (unpaired) electrons. The summed E-state index contributed by atoms with van der Waals surface area (Å²) in [6.45, 7) is 4.44. The standard InChI is InChI=1S/C22H33NOS2/c1-3-4-5-6-7-8-9-10-11-12-18-25-26-21-19(2)14-13-15-20(21)22-23-16-17-24-22/h13-17H,3-12,18H2,1-2H3. The second-order valence-electron chi connectivity index (χ2n) is 6.88. The number of aromatic nitrogens is 1. The van der Waals surface area contributed by atoms with Crippen LogP contribution in [0.4, 0.5) is 0 Å². The maximum absolute atomic E-state index is 5.49. The molecule has 2 nitrogen and oxygen atoms in total. The van der Waals surface area contributed by atoms with E-state index in [9.17, 15) is 0 Å². The number of aryl methyl sites for hydroxylation is 1. The summed E-state index contributed by atoms with van der Waals surface area (Å²) < 4.78 is 5.49. The first-order valence-corrected chi connectivity index (χ1v) is 12.4. The van der Waals surface area contributed by atoms with Crippen LogP contribution >= 0.6 is 21.6 Å². The molecule has 1 aromatic carbocycles. The van der Waals surface area contributed by atoms with Gasteiger partial charge in [-0.15, -0.1) is 0 Å². The van der Waals surface area contributed by atoms with Crippen LogP contribution in [0.2, 0.25) is 0 Å². The quantitative estimate of drug-likeness (QED) is 0.239. The van der Waals surface area contributed by atoms with Gasteiger partial charge in [0.15, 0.2) is 0 Å². The zero-order valence-corrected chi connectivity index (χ0v) is 18.0. The Hall–Kier alpha value is -0.870. The molecule has 2 rings (SSSR count). The van der Waals surface area contributed by atoms with Crippen LogP contribution in [0.3, 0.4) is 0 Å². The third-order valence-electron chi connectivity index (χ3n) is 4.60. The van der Waals surface area contributed by atoms with Crippen molar-refractivity contribution < 1.29 is 4.42 Å². The predicted molar refractivity (Wildman–Crippen MR) is 117 cm³/mol. The van der Waals surface area contributed by atoms with Crippen LogP contribution in [0.5, 0.6) is 0 Å². The molecule has 0 aliphatic rings. The van der Waals surface area contributed by atoms with Crippen LogP contribution in [0.15, 0.2) is 40.0 Å². The first-order valence-electron chi connectivity index (χ1n) is 10.1. The van der Waals surface area contributed by atoms with E-state index in [-0.39, 0.29) is 0 Å². The highest BCUT2D eigenvalue weighted by atomic mass is 33.1. The normalized spacial score (nSPS) is 11.2. The zero-order chi connectivity index (χ0) is 18.5. The van der Waals surface area contributed by atoms with Crippen LogP contribution in [0.1, 0.15) is 76.7 Å². The van der Waals surface area contributed by atoms with Gasteiger partial charge in [0.25, 0.3) is 0 Å². The minimum atomic E-state index is 0.718. The van der Waals surface area contributed by atoms with Crippen molar-refractivity contribution in [2.75, 3.05) is 5.75 Å². The van der Waals surface area contributed by atoms with E-state index in [0.29, 0.717) is 0 Å². The maximum atomic E-state index is 5.49. The fraction of sp³-hybridized carbons (Fsp3) is 0.591. The Morgan fingerprint density at radius 3 is 2.27 bits per heavy atom. The fourth-order valence-electron chi connectivity index (χ4n) is 3.04. The highest BCUT2D eigenvalue weighted by Gasteiger charge is 2.12. The van der Waals surface area contributed by atoms with E-state index in [1.54, 1.807) is 12.5 Å². The summed E-state index contributed by atoms with van der Waals surface area (Å²) in [6, 6.07) is 6.34. The summed E-state index contributed by atoms with van der Waals surface area (Å²) in [4.78, 5) is 5.59. The Morgan fingerprint density at radius 1 is 0.923 bits per heavy atom. The van der Waals surface area contributed by atoms with E-state index in [0.717, 1.165) is 11.5 Å². The van der Waals surface area contributed by atoms with Gasteiger partial charge in [-0.25, -0.2) is 4.98 Å². The number of oxazole rings is 1. The molecule has 2 aromatic rings. The smallest absolute Gasteiger partial charge is 0.227 e. The first-order chi connectivity index (χ1) is 12.8. The molecule has 0 N–H and O–H groups in total. The molecule has 0 saturated heterocycles. The molecular weight excluding hydrogens is 358 g/mol. The minimum Gasteiger partial charge on any atom is -0.444 e. The molecule has 0 fully saturated rings. The van der Waals surface area contributed by atoms with Gasteiger partial charge in [-0.2, -0.15) is 0 Å². The zero-order valence-electron chi connectivity index (χ0n) is 16.3. The summed E-state index contributed by atoms with van der Waals surface area (Å²) in [6.07, 6.45) is 17.3. The lowest BCUT2D eigenvalue weighted by atomic mass is 10.1. The van der Waals surface area contributed by atoms with Gasteiger partial charge in [-0.1, -0.05) is 98.4 Å². The molecular formula is C22H33NOS2. The Labute approximate surface area is 167 Å². The van der Waals surface area contributed by atoms with E-state index in [1.165, 1.54) is 80.4 Å². The van der Waals surface area contributed by atoms with Crippen LogP contribution in [-0.2, 0) is 0 Å². The van der Waals surface area contributed by atoms with Gasteiger partial charge in [-0.3, -0.25) is 0 Å². The van der Waals surface area contributed by atoms with Crippen LogP contribution in [0.25, 0.3) is 11.5 Å².